The monoisotopic (exact) mass is 409 g/mol. The fourth-order valence-corrected chi connectivity index (χ4v) is 2.81. The molecule has 1 N–H and O–H groups in total. The third-order valence-corrected chi connectivity index (χ3v) is 4.12. The Morgan fingerprint density at radius 2 is 1.95 bits per heavy atom. The number of nitrogens with zero attached hydrogens (tertiary/aromatic N) is 2. The summed E-state index contributed by atoms with van der Waals surface area (Å²) >= 11 is 6.47. The van der Waals surface area contributed by atoms with E-state index in [1.165, 1.54) is 4.68 Å². The molecule has 2 aromatic carbocycles. The molecule has 0 atom stereocenters. The van der Waals surface area contributed by atoms with Gasteiger partial charge in [-0.15, -0.1) is 0 Å². The Hall–Kier alpha value is -1.73. The molecule has 1 aromatic heterocycles. The van der Waals surface area contributed by atoms with E-state index >= 15 is 0 Å². The molecule has 0 fully saturated rings. The Kier molecular flexibility index (Phi) is 3.77. The van der Waals surface area contributed by atoms with Crippen LogP contribution < -0.4 is 11.2 Å². The molecule has 0 bridgehead atoms. The fraction of sp³-hybridized carbons (Fsp3) is 0.0714. The highest BCUT2D eigenvalue weighted by Gasteiger charge is 2.07. The lowest BCUT2D eigenvalue weighted by molar-refractivity contribution is 0.601. The van der Waals surface area contributed by atoms with Gasteiger partial charge in [-0.3, -0.25) is 9.78 Å². The molecular formula is C14H9Br2N3O2. The van der Waals surface area contributed by atoms with Gasteiger partial charge >= 0.3 is 5.69 Å². The van der Waals surface area contributed by atoms with Crippen LogP contribution in [0.3, 0.4) is 0 Å². The normalized spacial score (nSPS) is 11.0. The van der Waals surface area contributed by atoms with E-state index in [1.54, 1.807) is 0 Å². The predicted octanol–water partition coefficient (Wildman–Crippen LogP) is 2.66. The summed E-state index contributed by atoms with van der Waals surface area (Å²) in [6, 6.07) is 11.8. The van der Waals surface area contributed by atoms with E-state index in [4.69, 9.17) is 0 Å². The summed E-state index contributed by atoms with van der Waals surface area (Å²) < 4.78 is 2.31. The van der Waals surface area contributed by atoms with Gasteiger partial charge in [0.1, 0.15) is 0 Å². The standard InChI is InChI=1S/C14H9Br2N3O2/c15-10-4-5-11-8(6-10)2-1-3-9(11)7-19-14(21)17-13(20)12(16)18-19/h1-6H,7H2,(H,17,20,21). The van der Waals surface area contributed by atoms with E-state index in [0.29, 0.717) is 0 Å². The first-order valence-corrected chi connectivity index (χ1v) is 7.67. The minimum Gasteiger partial charge on any atom is -0.270 e. The molecule has 3 rings (SSSR count). The number of benzene rings is 2. The average molecular weight is 411 g/mol. The maximum Gasteiger partial charge on any atom is 0.345 e. The first-order chi connectivity index (χ1) is 10.0. The lowest BCUT2D eigenvalue weighted by Crippen LogP contribution is -2.33. The summed E-state index contributed by atoms with van der Waals surface area (Å²) in [5.41, 5.74) is -0.107. The third kappa shape index (κ3) is 2.84. The second kappa shape index (κ2) is 5.57. The van der Waals surface area contributed by atoms with Crippen LogP contribution in [0.2, 0.25) is 0 Å². The lowest BCUT2D eigenvalue weighted by atomic mass is 10.0. The second-order valence-corrected chi connectivity index (χ2v) is 6.16. The van der Waals surface area contributed by atoms with E-state index < -0.39 is 11.2 Å². The van der Waals surface area contributed by atoms with Crippen molar-refractivity contribution in [2.45, 2.75) is 6.54 Å². The SMILES string of the molecule is O=c1[nH]c(=O)n(Cc2cccc3cc(Br)ccc23)nc1Br. The van der Waals surface area contributed by atoms with Crippen molar-refractivity contribution >= 4 is 42.6 Å². The molecule has 5 nitrogen and oxygen atoms in total. The fourth-order valence-electron chi connectivity index (χ4n) is 2.14. The quantitative estimate of drug-likeness (QED) is 0.706. The van der Waals surface area contributed by atoms with E-state index in [9.17, 15) is 9.59 Å². The van der Waals surface area contributed by atoms with Gasteiger partial charge in [-0.1, -0.05) is 40.2 Å². The molecule has 0 radical (unpaired) electrons. The summed E-state index contributed by atoms with van der Waals surface area (Å²) in [5.74, 6) is 0. The van der Waals surface area contributed by atoms with E-state index in [0.717, 1.165) is 20.8 Å². The lowest BCUT2D eigenvalue weighted by Gasteiger charge is -2.08. The van der Waals surface area contributed by atoms with Gasteiger partial charge in [-0.05, 0) is 44.4 Å². The van der Waals surface area contributed by atoms with Crippen LogP contribution in [0, 0.1) is 0 Å². The van der Waals surface area contributed by atoms with Crippen LogP contribution in [0.4, 0.5) is 0 Å². The molecule has 3 aromatic rings. The molecule has 106 valence electrons. The Morgan fingerprint density at radius 3 is 2.76 bits per heavy atom. The van der Waals surface area contributed by atoms with Crippen LogP contribution in [-0.4, -0.2) is 14.8 Å². The van der Waals surface area contributed by atoms with Crippen LogP contribution in [0.5, 0.6) is 0 Å². The number of halogens is 2. The van der Waals surface area contributed by atoms with E-state index in [2.05, 4.69) is 41.9 Å². The molecular weight excluding hydrogens is 402 g/mol. The molecule has 0 aliphatic rings. The zero-order valence-electron chi connectivity index (χ0n) is 10.6. The van der Waals surface area contributed by atoms with Gasteiger partial charge in [0.15, 0.2) is 4.60 Å². The molecule has 0 aliphatic carbocycles. The number of fused-ring (bicyclic) bond motifs is 1. The second-order valence-electron chi connectivity index (χ2n) is 4.49. The van der Waals surface area contributed by atoms with Crippen molar-refractivity contribution in [2.24, 2.45) is 0 Å². The number of aromatic amines is 1. The Morgan fingerprint density at radius 1 is 1.14 bits per heavy atom. The minimum atomic E-state index is -0.530. The first-order valence-electron chi connectivity index (χ1n) is 6.09. The molecule has 0 unspecified atom stereocenters. The molecule has 7 heteroatoms. The highest BCUT2D eigenvalue weighted by molar-refractivity contribution is 9.10. The topological polar surface area (TPSA) is 67.8 Å². The highest BCUT2D eigenvalue weighted by Crippen LogP contribution is 2.23. The molecule has 0 saturated heterocycles. The maximum absolute atomic E-state index is 11.8. The summed E-state index contributed by atoms with van der Waals surface area (Å²) in [6.07, 6.45) is 0. The van der Waals surface area contributed by atoms with Gasteiger partial charge in [0.05, 0.1) is 6.54 Å². The van der Waals surface area contributed by atoms with Gasteiger partial charge in [0, 0.05) is 4.47 Å². The molecule has 0 amide bonds. The zero-order chi connectivity index (χ0) is 15.0. The van der Waals surface area contributed by atoms with Gasteiger partial charge in [-0.2, -0.15) is 5.10 Å². The van der Waals surface area contributed by atoms with Gasteiger partial charge in [0.25, 0.3) is 5.56 Å². The van der Waals surface area contributed by atoms with Crippen molar-refractivity contribution in [1.29, 1.82) is 0 Å². The predicted molar refractivity (Wildman–Crippen MR) is 87.6 cm³/mol. The van der Waals surface area contributed by atoms with Crippen molar-refractivity contribution in [2.75, 3.05) is 0 Å². The average Bonchev–Trinajstić information content (AvgIpc) is 2.44. The Bertz CT molecular complexity index is 947. The zero-order valence-corrected chi connectivity index (χ0v) is 13.8. The van der Waals surface area contributed by atoms with Gasteiger partial charge in [0.2, 0.25) is 0 Å². The minimum absolute atomic E-state index is 0.0880. The van der Waals surface area contributed by atoms with Crippen LogP contribution in [0.1, 0.15) is 5.56 Å². The molecule has 1 heterocycles. The van der Waals surface area contributed by atoms with Crippen molar-refractivity contribution < 1.29 is 0 Å². The largest absolute Gasteiger partial charge is 0.345 e. The maximum atomic E-state index is 11.8. The van der Waals surface area contributed by atoms with E-state index in [-0.39, 0.29) is 11.1 Å². The molecule has 0 spiro atoms. The summed E-state index contributed by atoms with van der Waals surface area (Å²) in [5, 5.41) is 6.07. The van der Waals surface area contributed by atoms with Crippen LogP contribution in [-0.2, 0) is 6.54 Å². The number of hydrogen-bond acceptors (Lipinski definition) is 3. The number of rotatable bonds is 2. The van der Waals surface area contributed by atoms with Crippen molar-refractivity contribution in [3.8, 4) is 0 Å². The molecule has 0 saturated carbocycles. The first kappa shape index (κ1) is 14.2. The number of H-pyrrole nitrogens is 1. The Balaban J connectivity index is 2.12. The Labute approximate surface area is 135 Å². The highest BCUT2D eigenvalue weighted by atomic mass is 79.9. The van der Waals surface area contributed by atoms with E-state index in [1.807, 2.05) is 36.4 Å². The van der Waals surface area contributed by atoms with Crippen molar-refractivity contribution in [3.63, 3.8) is 0 Å². The molecule has 0 aliphatic heterocycles. The smallest absolute Gasteiger partial charge is 0.270 e. The van der Waals surface area contributed by atoms with Crippen LogP contribution in [0.15, 0.2) is 55.1 Å². The third-order valence-electron chi connectivity index (χ3n) is 3.10. The van der Waals surface area contributed by atoms with Gasteiger partial charge < -0.3 is 0 Å². The van der Waals surface area contributed by atoms with Crippen molar-refractivity contribution in [3.05, 3.63) is 71.9 Å². The number of hydrogen-bond donors (Lipinski definition) is 1. The van der Waals surface area contributed by atoms with Crippen LogP contribution >= 0.6 is 31.9 Å². The molecule has 21 heavy (non-hydrogen) atoms. The van der Waals surface area contributed by atoms with Crippen LogP contribution in [0.25, 0.3) is 10.8 Å². The van der Waals surface area contributed by atoms with Gasteiger partial charge in [-0.25, -0.2) is 9.48 Å². The number of aromatic nitrogens is 3. The number of nitrogens with one attached hydrogen (secondary N) is 1. The summed E-state index contributed by atoms with van der Waals surface area (Å²) in [4.78, 5) is 25.3. The summed E-state index contributed by atoms with van der Waals surface area (Å²) in [7, 11) is 0. The summed E-state index contributed by atoms with van der Waals surface area (Å²) in [6.45, 7) is 0.285. The van der Waals surface area contributed by atoms with Crippen molar-refractivity contribution in [1.82, 2.24) is 14.8 Å².